The van der Waals surface area contributed by atoms with Crippen LogP contribution in [0.3, 0.4) is 0 Å². The Labute approximate surface area is 117 Å². The lowest BCUT2D eigenvalue weighted by atomic mass is 9.82. The minimum atomic E-state index is -0.460. The Balaban J connectivity index is 1.82. The number of carbonyl (C=O) groups is 1. The van der Waals surface area contributed by atoms with Crippen LogP contribution in [0.2, 0.25) is 0 Å². The van der Waals surface area contributed by atoms with Crippen LogP contribution < -0.4 is 10.1 Å². The van der Waals surface area contributed by atoms with E-state index in [0.717, 1.165) is 12.8 Å². The zero-order chi connectivity index (χ0) is 14.5. The predicted octanol–water partition coefficient (Wildman–Crippen LogP) is 1.73. The van der Waals surface area contributed by atoms with Crippen LogP contribution in [-0.4, -0.2) is 30.8 Å². The molecule has 0 bridgehead atoms. The number of rotatable bonds is 5. The van der Waals surface area contributed by atoms with Crippen molar-refractivity contribution in [3.63, 3.8) is 0 Å². The number of carbonyl (C=O) groups excluding carboxylic acids is 1. The maximum absolute atomic E-state index is 13.4. The summed E-state index contributed by atoms with van der Waals surface area (Å²) >= 11 is 0. The largest absolute Gasteiger partial charge is 0.494 e. The second kappa shape index (κ2) is 6.52. The molecule has 0 atom stereocenters. The molecule has 0 heterocycles. The highest BCUT2D eigenvalue weighted by atomic mass is 19.1. The maximum Gasteiger partial charge on any atom is 0.244 e. The summed E-state index contributed by atoms with van der Waals surface area (Å²) < 4.78 is 18.3. The van der Waals surface area contributed by atoms with E-state index in [-0.39, 0.29) is 17.8 Å². The van der Waals surface area contributed by atoms with Crippen LogP contribution in [0.25, 0.3) is 6.08 Å². The van der Waals surface area contributed by atoms with E-state index in [1.165, 1.54) is 25.3 Å². The number of benzene rings is 1. The lowest BCUT2D eigenvalue weighted by Gasteiger charge is -2.31. The number of ether oxygens (including phenoxy) is 1. The molecule has 1 fully saturated rings. The second-order valence-corrected chi connectivity index (χ2v) is 4.96. The summed E-state index contributed by atoms with van der Waals surface area (Å²) in [5, 5.41) is 11.9. The molecule has 2 N–H and O–H groups in total. The van der Waals surface area contributed by atoms with Gasteiger partial charge in [-0.05, 0) is 42.5 Å². The first-order valence-corrected chi connectivity index (χ1v) is 6.56. The summed E-state index contributed by atoms with van der Waals surface area (Å²) in [5.74, 6) is -0.142. The fraction of sp³-hybridized carbons (Fsp3) is 0.400. The van der Waals surface area contributed by atoms with E-state index in [9.17, 15) is 9.18 Å². The molecule has 1 amide bonds. The van der Waals surface area contributed by atoms with Crippen LogP contribution in [0.5, 0.6) is 5.75 Å². The molecule has 0 radical (unpaired) electrons. The molecule has 0 spiro atoms. The first-order chi connectivity index (χ1) is 9.58. The molecule has 5 heteroatoms. The molecule has 1 aliphatic rings. The summed E-state index contributed by atoms with van der Waals surface area (Å²) in [7, 11) is 1.40. The molecule has 0 unspecified atom stereocenters. The molecule has 0 aliphatic heterocycles. The van der Waals surface area contributed by atoms with Crippen LogP contribution in [0, 0.1) is 11.7 Å². The number of hydrogen-bond acceptors (Lipinski definition) is 3. The number of halogens is 1. The number of aliphatic hydroxyl groups excluding tert-OH is 1. The van der Waals surface area contributed by atoms with Gasteiger partial charge in [0.15, 0.2) is 11.6 Å². The van der Waals surface area contributed by atoms with Gasteiger partial charge in [-0.15, -0.1) is 0 Å². The van der Waals surface area contributed by atoms with Gasteiger partial charge >= 0.3 is 0 Å². The second-order valence-electron chi connectivity index (χ2n) is 4.96. The first kappa shape index (κ1) is 14.5. The Morgan fingerprint density at radius 1 is 1.55 bits per heavy atom. The average Bonchev–Trinajstić information content (AvgIpc) is 2.40. The monoisotopic (exact) mass is 279 g/mol. The van der Waals surface area contributed by atoms with Crippen LogP contribution in [0.15, 0.2) is 24.3 Å². The van der Waals surface area contributed by atoms with Crippen molar-refractivity contribution in [1.29, 1.82) is 0 Å². The Morgan fingerprint density at radius 3 is 2.90 bits per heavy atom. The van der Waals surface area contributed by atoms with E-state index in [1.807, 2.05) is 0 Å². The van der Waals surface area contributed by atoms with Gasteiger partial charge in [0, 0.05) is 12.6 Å². The highest BCUT2D eigenvalue weighted by Crippen LogP contribution is 2.26. The minimum absolute atomic E-state index is 0.176. The average molecular weight is 279 g/mol. The summed E-state index contributed by atoms with van der Waals surface area (Å²) in [4.78, 5) is 11.6. The number of aliphatic hydroxyl groups is 1. The van der Waals surface area contributed by atoms with Gasteiger partial charge < -0.3 is 15.2 Å². The van der Waals surface area contributed by atoms with E-state index in [2.05, 4.69) is 5.32 Å². The Hall–Kier alpha value is -1.88. The van der Waals surface area contributed by atoms with Crippen molar-refractivity contribution in [2.24, 2.45) is 5.92 Å². The quantitative estimate of drug-likeness (QED) is 0.807. The van der Waals surface area contributed by atoms with E-state index >= 15 is 0 Å². The predicted molar refractivity (Wildman–Crippen MR) is 73.7 cm³/mol. The maximum atomic E-state index is 13.4. The number of amides is 1. The van der Waals surface area contributed by atoms with Gasteiger partial charge in [0.1, 0.15) is 0 Å². The van der Waals surface area contributed by atoms with E-state index in [1.54, 1.807) is 12.1 Å². The van der Waals surface area contributed by atoms with E-state index in [0.29, 0.717) is 18.0 Å². The fourth-order valence-corrected chi connectivity index (χ4v) is 2.13. The molecule has 1 aromatic carbocycles. The van der Waals surface area contributed by atoms with Crippen molar-refractivity contribution >= 4 is 12.0 Å². The molecule has 20 heavy (non-hydrogen) atoms. The van der Waals surface area contributed by atoms with Crippen LogP contribution in [0.4, 0.5) is 4.39 Å². The third-order valence-electron chi connectivity index (χ3n) is 3.38. The molecular weight excluding hydrogens is 261 g/mol. The van der Waals surface area contributed by atoms with Crippen molar-refractivity contribution in [3.8, 4) is 5.75 Å². The van der Waals surface area contributed by atoms with Gasteiger partial charge in [0.25, 0.3) is 0 Å². The van der Waals surface area contributed by atoms with Crippen molar-refractivity contribution in [2.45, 2.75) is 18.9 Å². The molecule has 108 valence electrons. The Bertz CT molecular complexity index is 510. The molecule has 1 saturated carbocycles. The van der Waals surface area contributed by atoms with Crippen molar-refractivity contribution < 1.29 is 19.0 Å². The summed E-state index contributed by atoms with van der Waals surface area (Å²) in [5.41, 5.74) is 0.595. The van der Waals surface area contributed by atoms with Crippen molar-refractivity contribution in [3.05, 3.63) is 35.7 Å². The number of nitrogens with one attached hydrogen (secondary N) is 1. The zero-order valence-electron chi connectivity index (χ0n) is 11.3. The normalized spacial score (nSPS) is 21.6. The van der Waals surface area contributed by atoms with Gasteiger partial charge in [0.2, 0.25) is 5.91 Å². The van der Waals surface area contributed by atoms with Gasteiger partial charge in [-0.25, -0.2) is 4.39 Å². The van der Waals surface area contributed by atoms with E-state index in [4.69, 9.17) is 9.84 Å². The van der Waals surface area contributed by atoms with E-state index < -0.39 is 5.82 Å². The third kappa shape index (κ3) is 3.81. The summed E-state index contributed by atoms with van der Waals surface area (Å²) in [6.45, 7) is 0.567. The van der Waals surface area contributed by atoms with Crippen LogP contribution in [-0.2, 0) is 4.79 Å². The highest BCUT2D eigenvalue weighted by Gasteiger charge is 2.26. The van der Waals surface area contributed by atoms with Crippen molar-refractivity contribution in [2.75, 3.05) is 13.7 Å². The van der Waals surface area contributed by atoms with Crippen LogP contribution in [0.1, 0.15) is 18.4 Å². The van der Waals surface area contributed by atoms with Gasteiger partial charge in [-0.3, -0.25) is 4.79 Å². The molecule has 1 aliphatic carbocycles. The topological polar surface area (TPSA) is 58.6 Å². The molecule has 1 aromatic rings. The highest BCUT2D eigenvalue weighted by molar-refractivity contribution is 5.91. The lowest BCUT2D eigenvalue weighted by molar-refractivity contribution is -0.117. The molecular formula is C15H18FNO3. The smallest absolute Gasteiger partial charge is 0.244 e. The zero-order valence-corrected chi connectivity index (χ0v) is 11.3. The standard InChI is InChI=1S/C15H18FNO3/c1-20-14-4-2-10(8-13(14)16)3-5-15(19)17-9-11-6-12(18)7-11/h2-5,8,11-12,18H,6-7,9H2,1H3,(H,17,19). The fourth-order valence-electron chi connectivity index (χ4n) is 2.13. The Kier molecular flexibility index (Phi) is 4.74. The molecule has 0 aromatic heterocycles. The lowest BCUT2D eigenvalue weighted by Crippen LogP contribution is -2.37. The minimum Gasteiger partial charge on any atom is -0.494 e. The number of hydrogen-bond donors (Lipinski definition) is 2. The van der Waals surface area contributed by atoms with Crippen LogP contribution >= 0.6 is 0 Å². The van der Waals surface area contributed by atoms with Gasteiger partial charge in [-0.1, -0.05) is 6.07 Å². The Morgan fingerprint density at radius 2 is 2.30 bits per heavy atom. The first-order valence-electron chi connectivity index (χ1n) is 6.56. The summed E-state index contributed by atoms with van der Waals surface area (Å²) in [6, 6.07) is 4.50. The summed E-state index contributed by atoms with van der Waals surface area (Å²) in [6.07, 6.45) is 4.19. The SMILES string of the molecule is COc1ccc(C=CC(=O)NCC2CC(O)C2)cc1F. The van der Waals surface area contributed by atoms with Crippen molar-refractivity contribution in [1.82, 2.24) is 5.32 Å². The third-order valence-corrected chi connectivity index (χ3v) is 3.38. The molecule has 4 nitrogen and oxygen atoms in total. The molecule has 0 saturated heterocycles. The van der Waals surface area contributed by atoms with Gasteiger partial charge in [0.05, 0.1) is 13.2 Å². The number of methoxy groups -OCH3 is 1. The molecule has 2 rings (SSSR count). The van der Waals surface area contributed by atoms with Gasteiger partial charge in [-0.2, -0.15) is 0 Å².